The van der Waals surface area contributed by atoms with Gasteiger partial charge in [0.15, 0.2) is 0 Å². The quantitative estimate of drug-likeness (QED) is 0.440. The Balaban J connectivity index is 1.49. The molecule has 1 spiro atoms. The minimum atomic E-state index is -0.414. The topological polar surface area (TPSA) is 75.0 Å². The van der Waals surface area contributed by atoms with Gasteiger partial charge in [-0.3, -0.25) is 9.59 Å². The maximum atomic E-state index is 12.4. The zero-order chi connectivity index (χ0) is 24.1. The molecule has 1 aromatic heterocycles. The molecule has 0 aromatic carbocycles. The van der Waals surface area contributed by atoms with Crippen LogP contribution in [-0.2, 0) is 23.8 Å². The number of carbonyl (C=O) groups is 2. The van der Waals surface area contributed by atoms with Crippen LogP contribution in [0.3, 0.4) is 0 Å². The van der Waals surface area contributed by atoms with Crippen molar-refractivity contribution in [2.75, 3.05) is 6.61 Å². The van der Waals surface area contributed by atoms with Crippen LogP contribution in [0.5, 0.6) is 0 Å². The predicted molar refractivity (Wildman–Crippen MR) is 124 cm³/mol. The lowest BCUT2D eigenvalue weighted by Gasteiger charge is -2.65. The number of rotatable bonds is 2. The van der Waals surface area contributed by atoms with Crippen LogP contribution in [0.1, 0.15) is 78.2 Å². The normalized spacial score (nSPS) is 46.4. The Hall–Kier alpha value is -2.08. The third-order valence-electron chi connectivity index (χ3n) is 10.6. The molecule has 6 rings (SSSR count). The van der Waals surface area contributed by atoms with E-state index >= 15 is 0 Å². The Morgan fingerprint density at radius 1 is 1.18 bits per heavy atom. The molecule has 0 radical (unpaired) electrons. The highest BCUT2D eigenvalue weighted by molar-refractivity contribution is 5.71. The molecule has 0 N–H and O–H groups in total. The maximum Gasteiger partial charge on any atom is 0.308 e. The number of ether oxygens (including phenoxy) is 3. The standard InChI is InChI=1S/C28H36O6/c1-16(29)33-22-12-21-25(2,3)34-23-13-24(30)32-15-28(21,23)20-8-10-26(4)18(17-9-11-31-14-17)6-7-19(26)27(20,22)5/h7,9,11,14,18,20-23H,6,8,10,12-13,15H2,1-5H3/t18-,20?,21?,22+,23?,26-,27-,28?/m0/s1. The van der Waals surface area contributed by atoms with E-state index in [4.69, 9.17) is 18.6 Å². The maximum absolute atomic E-state index is 12.4. The summed E-state index contributed by atoms with van der Waals surface area (Å²) < 4.78 is 24.1. The first-order valence-corrected chi connectivity index (χ1v) is 12.8. The number of esters is 2. The average molecular weight is 469 g/mol. The Labute approximate surface area is 201 Å². The third-order valence-corrected chi connectivity index (χ3v) is 10.6. The van der Waals surface area contributed by atoms with Crippen molar-refractivity contribution >= 4 is 11.9 Å². The SMILES string of the molecule is CC(=O)O[C@@H]1CC2C(C)(C)OC3CC(=O)OCC32C2CC[C@]3(C)C(=CC[C@H]3c3ccoc3)[C@@]21C. The van der Waals surface area contributed by atoms with Gasteiger partial charge in [0.1, 0.15) is 12.7 Å². The molecule has 2 saturated carbocycles. The number of allylic oxidation sites excluding steroid dienone is 1. The monoisotopic (exact) mass is 468 g/mol. The summed E-state index contributed by atoms with van der Waals surface area (Å²) in [5.41, 5.74) is 1.58. The molecule has 8 atom stereocenters. The lowest BCUT2D eigenvalue weighted by Crippen LogP contribution is -2.66. The van der Waals surface area contributed by atoms with Gasteiger partial charge in [-0.05, 0) is 68.4 Å². The van der Waals surface area contributed by atoms with E-state index in [1.807, 2.05) is 6.26 Å². The largest absolute Gasteiger partial charge is 0.472 e. The van der Waals surface area contributed by atoms with E-state index in [9.17, 15) is 9.59 Å². The van der Waals surface area contributed by atoms with E-state index in [-0.39, 0.29) is 52.2 Å². The van der Waals surface area contributed by atoms with Crippen LogP contribution in [0.2, 0.25) is 0 Å². The zero-order valence-corrected chi connectivity index (χ0v) is 20.9. The highest BCUT2D eigenvalue weighted by Gasteiger charge is 2.75. The van der Waals surface area contributed by atoms with Gasteiger partial charge >= 0.3 is 11.9 Å². The Morgan fingerprint density at radius 3 is 2.68 bits per heavy atom. The Kier molecular flexibility index (Phi) is 4.60. The molecular formula is C28H36O6. The van der Waals surface area contributed by atoms with E-state index in [0.29, 0.717) is 18.9 Å². The molecule has 6 nitrogen and oxygen atoms in total. The highest BCUT2D eigenvalue weighted by atomic mass is 16.6. The minimum absolute atomic E-state index is 0.0349. The summed E-state index contributed by atoms with van der Waals surface area (Å²) in [7, 11) is 0. The molecule has 4 fully saturated rings. The van der Waals surface area contributed by atoms with Gasteiger partial charge in [-0.1, -0.05) is 25.5 Å². The molecule has 34 heavy (non-hydrogen) atoms. The van der Waals surface area contributed by atoms with Crippen molar-refractivity contribution in [3.05, 3.63) is 35.8 Å². The molecule has 2 aliphatic heterocycles. The summed E-state index contributed by atoms with van der Waals surface area (Å²) in [6, 6.07) is 2.09. The van der Waals surface area contributed by atoms with Crippen LogP contribution >= 0.6 is 0 Å². The second-order valence-corrected chi connectivity index (χ2v) is 12.3. The van der Waals surface area contributed by atoms with Crippen LogP contribution in [0.25, 0.3) is 0 Å². The summed E-state index contributed by atoms with van der Waals surface area (Å²) in [6.45, 7) is 10.9. The molecule has 6 heteroatoms. The smallest absolute Gasteiger partial charge is 0.308 e. The fourth-order valence-corrected chi connectivity index (χ4v) is 9.37. The fourth-order valence-electron chi connectivity index (χ4n) is 9.37. The van der Waals surface area contributed by atoms with Gasteiger partial charge in [0.25, 0.3) is 0 Å². The van der Waals surface area contributed by atoms with Crippen molar-refractivity contribution in [2.45, 2.75) is 90.4 Å². The lowest BCUT2D eigenvalue weighted by atomic mass is 9.39. The molecule has 0 bridgehead atoms. The second-order valence-electron chi connectivity index (χ2n) is 12.3. The van der Waals surface area contributed by atoms with Gasteiger partial charge in [-0.25, -0.2) is 0 Å². The summed E-state index contributed by atoms with van der Waals surface area (Å²) in [4.78, 5) is 24.7. The van der Waals surface area contributed by atoms with E-state index in [1.165, 1.54) is 18.1 Å². The Bertz CT molecular complexity index is 1050. The number of hydrogen-bond acceptors (Lipinski definition) is 6. The number of cyclic esters (lactones) is 1. The van der Waals surface area contributed by atoms with Crippen molar-refractivity contribution in [3.8, 4) is 0 Å². The van der Waals surface area contributed by atoms with Gasteiger partial charge in [-0.2, -0.15) is 0 Å². The van der Waals surface area contributed by atoms with Crippen molar-refractivity contribution in [1.29, 1.82) is 0 Å². The summed E-state index contributed by atoms with van der Waals surface area (Å²) in [5, 5.41) is 0. The minimum Gasteiger partial charge on any atom is -0.472 e. The van der Waals surface area contributed by atoms with E-state index in [2.05, 4.69) is 39.8 Å². The lowest BCUT2D eigenvalue weighted by molar-refractivity contribution is -0.209. The predicted octanol–water partition coefficient (Wildman–Crippen LogP) is 5.18. The number of carbonyl (C=O) groups excluding carboxylic acids is 2. The molecule has 2 saturated heterocycles. The summed E-state index contributed by atoms with van der Waals surface area (Å²) in [5.74, 6) is 0.295. The molecule has 3 heterocycles. The van der Waals surface area contributed by atoms with Crippen molar-refractivity contribution < 1.29 is 28.2 Å². The zero-order valence-electron chi connectivity index (χ0n) is 20.9. The number of furan rings is 1. The van der Waals surface area contributed by atoms with E-state index in [0.717, 1.165) is 25.7 Å². The van der Waals surface area contributed by atoms with Gasteiger partial charge in [0, 0.05) is 23.7 Å². The second kappa shape index (κ2) is 6.99. The molecule has 0 amide bonds. The fraction of sp³-hybridized carbons (Fsp3) is 0.714. The van der Waals surface area contributed by atoms with Crippen molar-refractivity contribution in [1.82, 2.24) is 0 Å². The molecule has 3 aliphatic carbocycles. The van der Waals surface area contributed by atoms with Crippen LogP contribution in [-0.4, -0.2) is 36.4 Å². The first-order chi connectivity index (χ1) is 16.0. The third kappa shape index (κ3) is 2.66. The van der Waals surface area contributed by atoms with Crippen LogP contribution in [0.15, 0.2) is 34.7 Å². The van der Waals surface area contributed by atoms with E-state index < -0.39 is 5.60 Å². The molecule has 4 unspecified atom stereocenters. The van der Waals surface area contributed by atoms with Gasteiger partial charge in [0.05, 0.1) is 30.7 Å². The first-order valence-electron chi connectivity index (χ1n) is 12.8. The van der Waals surface area contributed by atoms with Crippen LogP contribution in [0.4, 0.5) is 0 Å². The first kappa shape index (κ1) is 22.4. The summed E-state index contributed by atoms with van der Waals surface area (Å²) >= 11 is 0. The summed E-state index contributed by atoms with van der Waals surface area (Å²) in [6.07, 6.45) is 9.66. The average Bonchev–Trinajstić information content (AvgIpc) is 3.43. The van der Waals surface area contributed by atoms with Crippen molar-refractivity contribution in [3.63, 3.8) is 0 Å². The number of hydrogen-bond donors (Lipinski definition) is 0. The van der Waals surface area contributed by atoms with Gasteiger partial charge in [-0.15, -0.1) is 0 Å². The van der Waals surface area contributed by atoms with Gasteiger partial charge < -0.3 is 18.6 Å². The number of fused-ring (bicyclic) bond motifs is 3. The molecule has 1 aromatic rings. The van der Waals surface area contributed by atoms with Crippen LogP contribution < -0.4 is 0 Å². The molecule has 5 aliphatic rings. The van der Waals surface area contributed by atoms with Crippen molar-refractivity contribution in [2.24, 2.45) is 28.1 Å². The van der Waals surface area contributed by atoms with Gasteiger partial charge in [0.2, 0.25) is 0 Å². The van der Waals surface area contributed by atoms with E-state index in [1.54, 1.807) is 6.26 Å². The highest BCUT2D eigenvalue weighted by Crippen LogP contribution is 2.74. The Morgan fingerprint density at radius 2 is 1.97 bits per heavy atom. The molecular weight excluding hydrogens is 432 g/mol. The molecule has 184 valence electrons. The van der Waals surface area contributed by atoms with Crippen LogP contribution in [0, 0.1) is 28.1 Å².